The minimum atomic E-state index is -0.110. The molecule has 0 bridgehead atoms. The third kappa shape index (κ3) is 4.33. The maximum atomic E-state index is 12.6. The summed E-state index contributed by atoms with van der Waals surface area (Å²) in [5.41, 5.74) is 2.98. The lowest BCUT2D eigenvalue weighted by molar-refractivity contribution is 0.102. The average molecular weight is 427 g/mol. The Morgan fingerprint density at radius 1 is 0.969 bits per heavy atom. The van der Waals surface area contributed by atoms with Crippen molar-refractivity contribution in [1.82, 2.24) is 24.2 Å². The molecule has 1 saturated heterocycles. The summed E-state index contributed by atoms with van der Waals surface area (Å²) in [5, 5.41) is 7.53. The van der Waals surface area contributed by atoms with Crippen LogP contribution >= 0.6 is 0 Å². The van der Waals surface area contributed by atoms with Gasteiger partial charge in [0.15, 0.2) is 0 Å². The van der Waals surface area contributed by atoms with E-state index in [1.807, 2.05) is 53.3 Å². The molecule has 3 aromatic heterocycles. The first-order valence-corrected chi connectivity index (χ1v) is 11.0. The molecule has 0 unspecified atom stereocenters. The lowest BCUT2D eigenvalue weighted by atomic mass is 10.0. The number of carbonyl (C=O) groups excluding carboxylic acids is 1. The molecule has 1 fully saturated rings. The summed E-state index contributed by atoms with van der Waals surface area (Å²) in [5.74, 6) is 0.642. The van der Waals surface area contributed by atoms with Crippen LogP contribution in [0.3, 0.4) is 0 Å². The normalized spacial score (nSPS) is 15.0. The zero-order valence-corrected chi connectivity index (χ0v) is 17.8. The number of amides is 1. The number of likely N-dealkylation sites (tertiary alicyclic amines) is 1. The van der Waals surface area contributed by atoms with Crippen LogP contribution in [0.2, 0.25) is 0 Å². The highest BCUT2D eigenvalue weighted by atomic mass is 16.1. The van der Waals surface area contributed by atoms with Crippen LogP contribution in [0.1, 0.15) is 34.9 Å². The van der Waals surface area contributed by atoms with Gasteiger partial charge in [0.1, 0.15) is 5.82 Å². The van der Waals surface area contributed by atoms with Gasteiger partial charge in [-0.2, -0.15) is 5.10 Å². The summed E-state index contributed by atoms with van der Waals surface area (Å²) >= 11 is 0. The van der Waals surface area contributed by atoms with Gasteiger partial charge in [-0.3, -0.25) is 14.7 Å². The lowest BCUT2D eigenvalue weighted by Gasteiger charge is -2.32. The number of nitrogens with zero attached hydrogens (tertiary/aromatic N) is 5. The van der Waals surface area contributed by atoms with Crippen LogP contribution in [0.4, 0.5) is 5.82 Å². The minimum Gasteiger partial charge on any atom is -0.318 e. The number of pyridine rings is 1. The van der Waals surface area contributed by atoms with E-state index < -0.39 is 0 Å². The van der Waals surface area contributed by atoms with Crippen molar-refractivity contribution in [3.05, 3.63) is 96.7 Å². The zero-order chi connectivity index (χ0) is 21.8. The van der Waals surface area contributed by atoms with Gasteiger partial charge < -0.3 is 9.88 Å². The first-order chi connectivity index (χ1) is 15.8. The van der Waals surface area contributed by atoms with Crippen LogP contribution in [0.5, 0.6) is 0 Å². The fourth-order valence-electron chi connectivity index (χ4n) is 4.33. The molecule has 4 aromatic rings. The Labute approximate surface area is 187 Å². The highest BCUT2D eigenvalue weighted by molar-refractivity contribution is 6.03. The van der Waals surface area contributed by atoms with E-state index in [0.717, 1.165) is 44.0 Å². The largest absolute Gasteiger partial charge is 0.318 e. The van der Waals surface area contributed by atoms with E-state index in [9.17, 15) is 4.79 Å². The minimum absolute atomic E-state index is 0.110. The molecule has 32 heavy (non-hydrogen) atoms. The maximum absolute atomic E-state index is 12.6. The van der Waals surface area contributed by atoms with Crippen molar-refractivity contribution < 1.29 is 4.79 Å². The molecule has 5 rings (SSSR count). The highest BCUT2D eigenvalue weighted by Crippen LogP contribution is 2.27. The van der Waals surface area contributed by atoms with E-state index in [4.69, 9.17) is 0 Å². The molecule has 1 aliphatic heterocycles. The Morgan fingerprint density at radius 2 is 1.81 bits per heavy atom. The van der Waals surface area contributed by atoms with Crippen molar-refractivity contribution in [1.29, 1.82) is 0 Å². The van der Waals surface area contributed by atoms with E-state index in [0.29, 0.717) is 5.56 Å². The zero-order valence-electron chi connectivity index (χ0n) is 17.8. The van der Waals surface area contributed by atoms with Gasteiger partial charge in [0.2, 0.25) is 0 Å². The average Bonchev–Trinajstić information content (AvgIpc) is 3.50. The number of hydrogen-bond acceptors (Lipinski definition) is 4. The lowest BCUT2D eigenvalue weighted by Crippen LogP contribution is -2.35. The topological polar surface area (TPSA) is 68.0 Å². The first-order valence-electron chi connectivity index (χ1n) is 11.0. The number of piperidine rings is 1. The predicted octanol–water partition coefficient (Wildman–Crippen LogP) is 4.16. The molecular weight excluding hydrogens is 400 g/mol. The van der Waals surface area contributed by atoms with Crippen molar-refractivity contribution >= 4 is 11.7 Å². The van der Waals surface area contributed by atoms with Gasteiger partial charge in [-0.1, -0.05) is 18.2 Å². The van der Waals surface area contributed by atoms with Crippen LogP contribution in [0.15, 0.2) is 85.5 Å². The van der Waals surface area contributed by atoms with Crippen LogP contribution in [-0.2, 0) is 6.54 Å². The Balaban J connectivity index is 1.21. The van der Waals surface area contributed by atoms with Crippen molar-refractivity contribution in [2.75, 3.05) is 18.4 Å². The van der Waals surface area contributed by atoms with Crippen molar-refractivity contribution in [2.45, 2.75) is 25.4 Å². The second-order valence-corrected chi connectivity index (χ2v) is 8.07. The standard InChI is InChI=1S/C25H26N6O/c32-25(20-6-2-1-3-7-20)28-24-10-14-27-31(24)21-11-16-29(17-12-21)19-23-9-5-15-30(23)22-8-4-13-26-18-22/h1-10,13-15,18,21H,11-12,16-17,19H2,(H,28,32). The second kappa shape index (κ2) is 9.20. The highest BCUT2D eigenvalue weighted by Gasteiger charge is 2.24. The van der Waals surface area contributed by atoms with E-state index in [1.165, 1.54) is 5.69 Å². The van der Waals surface area contributed by atoms with E-state index in [-0.39, 0.29) is 11.9 Å². The van der Waals surface area contributed by atoms with Gasteiger partial charge >= 0.3 is 0 Å². The smallest absolute Gasteiger partial charge is 0.256 e. The molecule has 1 aromatic carbocycles. The third-order valence-electron chi connectivity index (χ3n) is 5.99. The molecule has 0 saturated carbocycles. The van der Waals surface area contributed by atoms with Crippen LogP contribution in [-0.4, -0.2) is 43.2 Å². The molecule has 0 radical (unpaired) electrons. The molecule has 7 heteroatoms. The Hall–Kier alpha value is -3.71. The fraction of sp³-hybridized carbons (Fsp3) is 0.240. The quantitative estimate of drug-likeness (QED) is 0.503. The number of carbonyl (C=O) groups is 1. The number of aromatic nitrogens is 4. The number of nitrogens with one attached hydrogen (secondary N) is 1. The van der Waals surface area contributed by atoms with Crippen molar-refractivity contribution in [3.8, 4) is 5.69 Å². The van der Waals surface area contributed by atoms with E-state index >= 15 is 0 Å². The Kier molecular flexibility index (Phi) is 5.81. The molecular formula is C25H26N6O. The summed E-state index contributed by atoms with van der Waals surface area (Å²) in [4.78, 5) is 19.3. The summed E-state index contributed by atoms with van der Waals surface area (Å²) < 4.78 is 4.17. The monoisotopic (exact) mass is 426 g/mol. The molecule has 1 amide bonds. The van der Waals surface area contributed by atoms with Gasteiger partial charge in [-0.25, -0.2) is 4.68 Å². The van der Waals surface area contributed by atoms with Crippen LogP contribution < -0.4 is 5.32 Å². The van der Waals surface area contributed by atoms with Crippen LogP contribution in [0, 0.1) is 0 Å². The number of rotatable bonds is 6. The van der Waals surface area contributed by atoms with E-state index in [2.05, 4.69) is 49.3 Å². The maximum Gasteiger partial charge on any atom is 0.256 e. The molecule has 4 heterocycles. The van der Waals surface area contributed by atoms with Crippen molar-refractivity contribution in [3.63, 3.8) is 0 Å². The van der Waals surface area contributed by atoms with Gasteiger partial charge in [0.25, 0.3) is 5.91 Å². The Bertz CT molecular complexity index is 1160. The molecule has 0 aliphatic carbocycles. The summed E-state index contributed by atoms with van der Waals surface area (Å²) in [6.45, 7) is 2.86. The number of benzene rings is 1. The third-order valence-corrected chi connectivity index (χ3v) is 5.99. The van der Waals surface area contributed by atoms with Gasteiger partial charge in [0.05, 0.1) is 24.1 Å². The molecule has 0 atom stereocenters. The van der Waals surface area contributed by atoms with Crippen LogP contribution in [0.25, 0.3) is 5.69 Å². The Morgan fingerprint density at radius 3 is 2.59 bits per heavy atom. The van der Waals surface area contributed by atoms with E-state index in [1.54, 1.807) is 12.4 Å². The van der Waals surface area contributed by atoms with Gasteiger partial charge in [-0.15, -0.1) is 0 Å². The number of anilines is 1. The SMILES string of the molecule is O=C(Nc1ccnn1C1CCN(Cc2cccn2-c2cccnc2)CC1)c1ccccc1. The first kappa shape index (κ1) is 20.2. The summed E-state index contributed by atoms with van der Waals surface area (Å²) in [6, 6.07) is 19.7. The number of hydrogen-bond donors (Lipinski definition) is 1. The van der Waals surface area contributed by atoms with Gasteiger partial charge in [-0.05, 0) is 49.2 Å². The van der Waals surface area contributed by atoms with Crippen molar-refractivity contribution in [2.24, 2.45) is 0 Å². The molecule has 0 spiro atoms. The molecule has 1 aliphatic rings. The fourth-order valence-corrected chi connectivity index (χ4v) is 4.33. The molecule has 1 N–H and O–H groups in total. The predicted molar refractivity (Wildman–Crippen MR) is 124 cm³/mol. The second-order valence-electron chi connectivity index (χ2n) is 8.07. The summed E-state index contributed by atoms with van der Waals surface area (Å²) in [7, 11) is 0. The summed E-state index contributed by atoms with van der Waals surface area (Å²) in [6.07, 6.45) is 9.51. The molecule has 162 valence electrons. The molecule has 7 nitrogen and oxygen atoms in total. The van der Waals surface area contributed by atoms with Gasteiger partial charge in [0, 0.05) is 49.4 Å².